The van der Waals surface area contributed by atoms with E-state index in [0.29, 0.717) is 6.42 Å². The standard InChI is InChI=1S/C21H27NO5/c1-20(2,3)18-22-17(24)15(12-8-11-14-9-6-5-7-10-14)16(23)21(22,13-27-18)19(25)26-4/h5-11,15-16,18,23H,12-13H2,1-4H3/b11-8+/t15-,16-,18+,21+/m0/s1. The van der Waals surface area contributed by atoms with E-state index < -0.39 is 35.2 Å². The first kappa shape index (κ1) is 19.6. The van der Waals surface area contributed by atoms with Gasteiger partial charge in [0.15, 0.2) is 5.54 Å². The summed E-state index contributed by atoms with van der Waals surface area (Å²) in [5.74, 6) is -1.62. The van der Waals surface area contributed by atoms with Gasteiger partial charge in [-0.25, -0.2) is 4.79 Å². The van der Waals surface area contributed by atoms with Crippen molar-refractivity contribution in [1.29, 1.82) is 0 Å². The molecule has 0 radical (unpaired) electrons. The van der Waals surface area contributed by atoms with Crippen LogP contribution >= 0.6 is 0 Å². The van der Waals surface area contributed by atoms with Gasteiger partial charge in [-0.1, -0.05) is 63.3 Å². The normalized spacial score (nSPS) is 30.8. The summed E-state index contributed by atoms with van der Waals surface area (Å²) in [5.41, 5.74) is -0.869. The fourth-order valence-corrected chi connectivity index (χ4v) is 3.98. The molecule has 0 spiro atoms. The Morgan fingerprint density at radius 1 is 1.37 bits per heavy atom. The van der Waals surface area contributed by atoms with Gasteiger partial charge in [0.2, 0.25) is 5.91 Å². The Balaban J connectivity index is 1.89. The van der Waals surface area contributed by atoms with E-state index in [0.717, 1.165) is 5.56 Å². The maximum absolute atomic E-state index is 13.2. The molecule has 2 heterocycles. The van der Waals surface area contributed by atoms with Crippen molar-refractivity contribution in [2.24, 2.45) is 11.3 Å². The number of amides is 1. The molecule has 0 saturated carbocycles. The highest BCUT2D eigenvalue weighted by atomic mass is 16.6. The Labute approximate surface area is 159 Å². The third-order valence-electron chi connectivity index (χ3n) is 5.33. The van der Waals surface area contributed by atoms with E-state index in [-0.39, 0.29) is 12.5 Å². The number of allylic oxidation sites excluding steroid dienone is 1. The van der Waals surface area contributed by atoms with Crippen LogP contribution in [-0.2, 0) is 19.1 Å². The van der Waals surface area contributed by atoms with Crippen molar-refractivity contribution < 1.29 is 24.2 Å². The minimum atomic E-state index is -1.48. The zero-order chi connectivity index (χ0) is 19.8. The zero-order valence-electron chi connectivity index (χ0n) is 16.2. The lowest BCUT2D eigenvalue weighted by molar-refractivity contribution is -0.161. The average molecular weight is 373 g/mol. The maximum Gasteiger partial charge on any atom is 0.337 e. The molecule has 2 aliphatic rings. The molecule has 1 aromatic carbocycles. The first-order valence-corrected chi connectivity index (χ1v) is 9.16. The summed E-state index contributed by atoms with van der Waals surface area (Å²) in [4.78, 5) is 27.2. The van der Waals surface area contributed by atoms with Crippen LogP contribution in [-0.4, -0.2) is 53.5 Å². The topological polar surface area (TPSA) is 76.1 Å². The van der Waals surface area contributed by atoms with E-state index in [1.54, 1.807) is 0 Å². The SMILES string of the molecule is COC(=O)[C@]12CO[C@H](C(C)(C)C)N1C(=O)[C@@H](C/C=C/c1ccccc1)[C@@H]2O. The lowest BCUT2D eigenvalue weighted by atomic mass is 9.87. The van der Waals surface area contributed by atoms with Crippen LogP contribution in [0.25, 0.3) is 6.08 Å². The van der Waals surface area contributed by atoms with Gasteiger partial charge in [-0.15, -0.1) is 0 Å². The van der Waals surface area contributed by atoms with Gasteiger partial charge in [0.05, 0.1) is 19.6 Å². The van der Waals surface area contributed by atoms with E-state index in [9.17, 15) is 14.7 Å². The number of aliphatic hydroxyl groups excluding tert-OH is 1. The van der Waals surface area contributed by atoms with Gasteiger partial charge in [-0.3, -0.25) is 9.69 Å². The molecular weight excluding hydrogens is 346 g/mol. The van der Waals surface area contributed by atoms with E-state index >= 15 is 0 Å². The number of benzene rings is 1. The Morgan fingerprint density at radius 3 is 2.63 bits per heavy atom. The second-order valence-electron chi connectivity index (χ2n) is 8.25. The molecule has 0 bridgehead atoms. The van der Waals surface area contributed by atoms with Crippen LogP contribution in [0.4, 0.5) is 0 Å². The van der Waals surface area contributed by atoms with Crippen LogP contribution in [0.15, 0.2) is 36.4 Å². The van der Waals surface area contributed by atoms with Crippen molar-refractivity contribution in [3.63, 3.8) is 0 Å². The number of fused-ring (bicyclic) bond motifs is 1. The number of esters is 1. The molecule has 1 aromatic rings. The summed E-state index contributed by atoms with van der Waals surface area (Å²) in [7, 11) is 1.26. The van der Waals surface area contributed by atoms with E-state index in [4.69, 9.17) is 9.47 Å². The fraction of sp³-hybridized carbons (Fsp3) is 0.524. The predicted molar refractivity (Wildman–Crippen MR) is 100 cm³/mol. The Hall–Kier alpha value is -2.18. The molecule has 2 aliphatic heterocycles. The predicted octanol–water partition coefficient (Wildman–Crippen LogP) is 2.22. The number of hydrogen-bond donors (Lipinski definition) is 1. The number of carbonyl (C=O) groups is 2. The summed E-state index contributed by atoms with van der Waals surface area (Å²) >= 11 is 0. The van der Waals surface area contributed by atoms with Gasteiger partial charge in [0.1, 0.15) is 12.3 Å². The molecule has 3 rings (SSSR count). The third kappa shape index (κ3) is 3.17. The molecule has 1 N–H and O–H groups in total. The van der Waals surface area contributed by atoms with Gasteiger partial charge in [-0.2, -0.15) is 0 Å². The lowest BCUT2D eigenvalue weighted by Crippen LogP contribution is -2.59. The number of aliphatic hydroxyl groups is 1. The smallest absolute Gasteiger partial charge is 0.337 e. The van der Waals surface area contributed by atoms with Crippen molar-refractivity contribution in [2.45, 2.75) is 45.1 Å². The zero-order valence-corrected chi connectivity index (χ0v) is 16.2. The summed E-state index contributed by atoms with van der Waals surface area (Å²) in [6.07, 6.45) is 2.32. The quantitative estimate of drug-likeness (QED) is 0.819. The minimum absolute atomic E-state index is 0.0621. The Bertz CT molecular complexity index is 739. The molecule has 6 heteroatoms. The number of hydrogen-bond acceptors (Lipinski definition) is 5. The van der Waals surface area contributed by atoms with Crippen LogP contribution in [0.5, 0.6) is 0 Å². The minimum Gasteiger partial charge on any atom is -0.467 e. The van der Waals surface area contributed by atoms with Crippen LogP contribution in [0, 0.1) is 11.3 Å². The highest BCUT2D eigenvalue weighted by Crippen LogP contribution is 2.47. The van der Waals surface area contributed by atoms with Crippen molar-refractivity contribution in [1.82, 2.24) is 4.90 Å². The summed E-state index contributed by atoms with van der Waals surface area (Å²) in [5, 5.41) is 11.0. The molecule has 6 nitrogen and oxygen atoms in total. The Morgan fingerprint density at radius 2 is 2.04 bits per heavy atom. The number of rotatable bonds is 4. The van der Waals surface area contributed by atoms with Gasteiger partial charge >= 0.3 is 5.97 Å². The lowest BCUT2D eigenvalue weighted by Gasteiger charge is -2.36. The van der Waals surface area contributed by atoms with Gasteiger partial charge in [0, 0.05) is 5.41 Å². The molecule has 0 aromatic heterocycles. The molecule has 2 saturated heterocycles. The molecule has 4 atom stereocenters. The van der Waals surface area contributed by atoms with E-state index in [1.165, 1.54) is 12.0 Å². The fourth-order valence-electron chi connectivity index (χ4n) is 3.98. The first-order chi connectivity index (χ1) is 12.7. The van der Waals surface area contributed by atoms with E-state index in [2.05, 4.69) is 0 Å². The number of nitrogens with zero attached hydrogens (tertiary/aromatic N) is 1. The van der Waals surface area contributed by atoms with Crippen LogP contribution in [0.1, 0.15) is 32.8 Å². The van der Waals surface area contributed by atoms with Crippen molar-refractivity contribution in [3.8, 4) is 0 Å². The molecule has 2 fully saturated rings. The second-order valence-corrected chi connectivity index (χ2v) is 8.25. The van der Waals surface area contributed by atoms with E-state index in [1.807, 2.05) is 63.3 Å². The number of carbonyl (C=O) groups excluding carboxylic acids is 2. The van der Waals surface area contributed by atoms with Crippen LogP contribution in [0.2, 0.25) is 0 Å². The Kier molecular flexibility index (Phi) is 5.14. The summed E-state index contributed by atoms with van der Waals surface area (Å²) < 4.78 is 10.7. The third-order valence-corrected chi connectivity index (χ3v) is 5.33. The van der Waals surface area contributed by atoms with Gasteiger partial charge in [0.25, 0.3) is 0 Å². The monoisotopic (exact) mass is 373 g/mol. The first-order valence-electron chi connectivity index (χ1n) is 9.16. The van der Waals surface area contributed by atoms with Crippen molar-refractivity contribution in [3.05, 3.63) is 42.0 Å². The molecule has 0 aliphatic carbocycles. The average Bonchev–Trinajstić information content (AvgIpc) is 3.14. The molecule has 146 valence electrons. The van der Waals surface area contributed by atoms with Gasteiger partial charge < -0.3 is 14.6 Å². The van der Waals surface area contributed by atoms with Crippen molar-refractivity contribution >= 4 is 18.0 Å². The van der Waals surface area contributed by atoms with Gasteiger partial charge in [-0.05, 0) is 12.0 Å². The largest absolute Gasteiger partial charge is 0.467 e. The van der Waals surface area contributed by atoms with Crippen molar-refractivity contribution in [2.75, 3.05) is 13.7 Å². The highest BCUT2D eigenvalue weighted by Gasteiger charge is 2.69. The number of methoxy groups -OCH3 is 1. The summed E-state index contributed by atoms with van der Waals surface area (Å²) in [6, 6.07) is 9.72. The summed E-state index contributed by atoms with van der Waals surface area (Å²) in [6.45, 7) is 5.75. The highest BCUT2D eigenvalue weighted by molar-refractivity contribution is 5.95. The molecule has 0 unspecified atom stereocenters. The molecule has 27 heavy (non-hydrogen) atoms. The molecular formula is C21H27NO5. The number of ether oxygens (including phenoxy) is 2. The maximum atomic E-state index is 13.2. The second kappa shape index (κ2) is 7.09. The molecule has 1 amide bonds. The van der Waals surface area contributed by atoms with Crippen LogP contribution in [0.3, 0.4) is 0 Å². The van der Waals surface area contributed by atoms with Crippen LogP contribution < -0.4 is 0 Å².